The van der Waals surface area contributed by atoms with Gasteiger partial charge in [0.1, 0.15) is 8.94 Å². The highest BCUT2D eigenvalue weighted by Crippen LogP contribution is 2.32. The van der Waals surface area contributed by atoms with Crippen LogP contribution in [0.3, 0.4) is 0 Å². The average molecular weight is 397 g/mol. The molecule has 2 aromatic rings. The van der Waals surface area contributed by atoms with E-state index in [1.165, 1.54) is 4.88 Å². The molecule has 0 aliphatic rings. The van der Waals surface area contributed by atoms with Gasteiger partial charge in [0.15, 0.2) is 0 Å². The molecule has 0 saturated carbocycles. The Morgan fingerprint density at radius 3 is 2.76 bits per heavy atom. The summed E-state index contributed by atoms with van der Waals surface area (Å²) in [5.41, 5.74) is 2.01. The predicted molar refractivity (Wildman–Crippen MR) is 81.0 cm³/mol. The highest BCUT2D eigenvalue weighted by atomic mass is 79.9. The smallest absolute Gasteiger partial charge is 0.107 e. The van der Waals surface area contributed by atoms with Crippen molar-refractivity contribution in [3.05, 3.63) is 42.2 Å². The standard InChI is InChI=1S/C11H9Br2ClN2S/c1-6-9(2-3-10(13)16-6)15-5-7-4-8(12)11(14)17-7/h2-4,15H,5H2,1H3. The van der Waals surface area contributed by atoms with Crippen LogP contribution >= 0.6 is 54.8 Å². The van der Waals surface area contributed by atoms with Crippen molar-refractivity contribution < 1.29 is 0 Å². The van der Waals surface area contributed by atoms with Crippen molar-refractivity contribution in [3.8, 4) is 0 Å². The number of rotatable bonds is 3. The lowest BCUT2D eigenvalue weighted by Crippen LogP contribution is -2.00. The van der Waals surface area contributed by atoms with Gasteiger partial charge in [-0.15, -0.1) is 11.3 Å². The van der Waals surface area contributed by atoms with Crippen LogP contribution in [0.15, 0.2) is 27.3 Å². The van der Waals surface area contributed by atoms with Gasteiger partial charge in [0, 0.05) is 15.9 Å². The van der Waals surface area contributed by atoms with Crippen molar-refractivity contribution in [1.29, 1.82) is 0 Å². The van der Waals surface area contributed by atoms with Crippen LogP contribution < -0.4 is 5.32 Å². The average Bonchev–Trinajstić information content (AvgIpc) is 2.57. The van der Waals surface area contributed by atoms with Crippen molar-refractivity contribution in [1.82, 2.24) is 4.98 Å². The number of pyridine rings is 1. The summed E-state index contributed by atoms with van der Waals surface area (Å²) >= 11 is 14.3. The van der Waals surface area contributed by atoms with Crippen molar-refractivity contribution in [2.45, 2.75) is 13.5 Å². The molecule has 0 unspecified atom stereocenters. The van der Waals surface area contributed by atoms with E-state index in [9.17, 15) is 0 Å². The highest BCUT2D eigenvalue weighted by Gasteiger charge is 2.05. The monoisotopic (exact) mass is 394 g/mol. The Labute approximate surface area is 126 Å². The van der Waals surface area contributed by atoms with E-state index >= 15 is 0 Å². The molecular formula is C11H9Br2ClN2S. The molecule has 1 N–H and O–H groups in total. The van der Waals surface area contributed by atoms with Gasteiger partial charge in [0.05, 0.1) is 11.4 Å². The second-order valence-electron chi connectivity index (χ2n) is 3.45. The fourth-order valence-corrected chi connectivity index (χ4v) is 3.51. The van der Waals surface area contributed by atoms with E-state index in [2.05, 4.69) is 42.2 Å². The third-order valence-corrected chi connectivity index (χ3v) is 5.12. The molecule has 0 saturated heterocycles. The Bertz CT molecular complexity index is 523. The summed E-state index contributed by atoms with van der Waals surface area (Å²) in [6.07, 6.45) is 0. The topological polar surface area (TPSA) is 24.9 Å². The van der Waals surface area contributed by atoms with Gasteiger partial charge in [-0.1, -0.05) is 11.6 Å². The minimum absolute atomic E-state index is 0.750. The molecule has 17 heavy (non-hydrogen) atoms. The zero-order chi connectivity index (χ0) is 12.4. The number of hydrogen-bond acceptors (Lipinski definition) is 3. The summed E-state index contributed by atoms with van der Waals surface area (Å²) in [6.45, 7) is 2.73. The Morgan fingerprint density at radius 1 is 1.41 bits per heavy atom. The zero-order valence-electron chi connectivity index (χ0n) is 8.93. The van der Waals surface area contributed by atoms with Crippen molar-refractivity contribution >= 4 is 60.5 Å². The first kappa shape index (κ1) is 13.3. The molecule has 0 radical (unpaired) electrons. The maximum atomic E-state index is 5.99. The van der Waals surface area contributed by atoms with Crippen molar-refractivity contribution in [2.24, 2.45) is 0 Å². The van der Waals surface area contributed by atoms with Crippen LogP contribution in [0.5, 0.6) is 0 Å². The summed E-state index contributed by atoms with van der Waals surface area (Å²) < 4.78 is 2.58. The van der Waals surface area contributed by atoms with Crippen LogP contribution in [-0.4, -0.2) is 4.98 Å². The zero-order valence-corrected chi connectivity index (χ0v) is 13.7. The van der Waals surface area contributed by atoms with Gasteiger partial charge in [-0.05, 0) is 57.0 Å². The van der Waals surface area contributed by atoms with Gasteiger partial charge < -0.3 is 5.32 Å². The van der Waals surface area contributed by atoms with Gasteiger partial charge in [-0.3, -0.25) is 0 Å². The van der Waals surface area contributed by atoms with E-state index in [1.54, 1.807) is 11.3 Å². The summed E-state index contributed by atoms with van der Waals surface area (Å²) in [7, 11) is 0. The number of aromatic nitrogens is 1. The van der Waals surface area contributed by atoms with Crippen LogP contribution in [0.1, 0.15) is 10.6 Å². The second kappa shape index (κ2) is 5.69. The first-order chi connectivity index (χ1) is 8.06. The molecule has 2 nitrogen and oxygen atoms in total. The number of anilines is 1. The number of hydrogen-bond donors (Lipinski definition) is 1. The molecule has 0 aromatic carbocycles. The Hall–Kier alpha value is -0.100. The van der Waals surface area contributed by atoms with E-state index < -0.39 is 0 Å². The predicted octanol–water partition coefficient (Wildman–Crippen LogP) is 5.24. The van der Waals surface area contributed by atoms with Gasteiger partial charge in [0.25, 0.3) is 0 Å². The minimum Gasteiger partial charge on any atom is -0.379 e. The lowest BCUT2D eigenvalue weighted by Gasteiger charge is -2.07. The number of nitrogens with one attached hydrogen (secondary N) is 1. The normalized spacial score (nSPS) is 10.6. The van der Waals surface area contributed by atoms with Crippen molar-refractivity contribution in [3.63, 3.8) is 0 Å². The van der Waals surface area contributed by atoms with Crippen LogP contribution in [0.4, 0.5) is 5.69 Å². The molecule has 0 aliphatic carbocycles. The van der Waals surface area contributed by atoms with E-state index in [1.807, 2.05) is 25.1 Å². The van der Waals surface area contributed by atoms with Crippen molar-refractivity contribution in [2.75, 3.05) is 5.32 Å². The van der Waals surface area contributed by atoms with E-state index in [0.29, 0.717) is 0 Å². The van der Waals surface area contributed by atoms with Crippen LogP contribution in [0, 0.1) is 6.92 Å². The fraction of sp³-hybridized carbons (Fsp3) is 0.182. The Kier molecular flexibility index (Phi) is 4.47. The lowest BCUT2D eigenvalue weighted by atomic mass is 10.3. The lowest BCUT2D eigenvalue weighted by molar-refractivity contribution is 1.11. The first-order valence-electron chi connectivity index (χ1n) is 4.87. The van der Waals surface area contributed by atoms with Gasteiger partial charge in [-0.2, -0.15) is 0 Å². The molecule has 0 fully saturated rings. The van der Waals surface area contributed by atoms with Gasteiger partial charge >= 0.3 is 0 Å². The third-order valence-electron chi connectivity index (χ3n) is 2.20. The molecule has 90 valence electrons. The van der Waals surface area contributed by atoms with E-state index in [0.717, 1.165) is 31.3 Å². The molecule has 2 aromatic heterocycles. The van der Waals surface area contributed by atoms with Crippen LogP contribution in [0.25, 0.3) is 0 Å². The molecule has 0 amide bonds. The van der Waals surface area contributed by atoms with E-state index in [4.69, 9.17) is 11.6 Å². The molecule has 0 bridgehead atoms. The quantitative estimate of drug-likeness (QED) is 0.718. The number of nitrogens with zero attached hydrogens (tertiary/aromatic N) is 1. The fourth-order valence-electron chi connectivity index (χ4n) is 1.38. The number of aryl methyl sites for hydroxylation is 1. The highest BCUT2D eigenvalue weighted by molar-refractivity contribution is 9.10. The molecule has 0 atom stereocenters. The summed E-state index contributed by atoms with van der Waals surface area (Å²) in [6, 6.07) is 5.96. The van der Waals surface area contributed by atoms with Gasteiger partial charge in [0.2, 0.25) is 0 Å². The molecule has 6 heteroatoms. The minimum atomic E-state index is 0.750. The van der Waals surface area contributed by atoms with Crippen LogP contribution in [-0.2, 0) is 6.54 Å². The molecule has 2 rings (SSSR count). The molecule has 2 heterocycles. The summed E-state index contributed by atoms with van der Waals surface area (Å²) in [5.74, 6) is 0. The summed E-state index contributed by atoms with van der Waals surface area (Å²) in [4.78, 5) is 5.52. The largest absolute Gasteiger partial charge is 0.379 e. The van der Waals surface area contributed by atoms with Crippen LogP contribution in [0.2, 0.25) is 4.34 Å². The third kappa shape index (κ3) is 3.44. The Morgan fingerprint density at radius 2 is 2.18 bits per heavy atom. The number of thiophene rings is 1. The Balaban J connectivity index is 2.07. The molecule has 0 spiro atoms. The number of halogens is 3. The molecular weight excluding hydrogens is 387 g/mol. The van der Waals surface area contributed by atoms with Gasteiger partial charge in [-0.25, -0.2) is 4.98 Å². The molecule has 0 aliphatic heterocycles. The maximum Gasteiger partial charge on any atom is 0.107 e. The first-order valence-corrected chi connectivity index (χ1v) is 7.65. The second-order valence-corrected chi connectivity index (χ2v) is 6.86. The van der Waals surface area contributed by atoms with E-state index in [-0.39, 0.29) is 0 Å². The maximum absolute atomic E-state index is 5.99. The summed E-state index contributed by atoms with van der Waals surface area (Å²) in [5, 5.41) is 3.34. The SMILES string of the molecule is Cc1nc(Br)ccc1NCc1cc(Br)c(Cl)s1.